The molecular formula is C38H46N4O4. The minimum absolute atomic E-state index is 0. The van der Waals surface area contributed by atoms with Crippen molar-refractivity contribution in [3.63, 3.8) is 0 Å². The van der Waals surface area contributed by atoms with Crippen LogP contribution < -0.4 is 22.1 Å². The fraction of sp³-hybridized carbons (Fsp3) is 0.211. The maximum absolute atomic E-state index is 9.17. The topological polar surface area (TPSA) is 157 Å². The third kappa shape index (κ3) is 6.47. The Kier molecular flexibility index (Phi) is 10.7. The number of hydrogen-bond acceptors (Lipinski definition) is 8. The molecule has 0 aromatic heterocycles. The van der Waals surface area contributed by atoms with Crippen LogP contribution in [0.1, 0.15) is 59.4 Å². The molecule has 0 bridgehead atoms. The van der Waals surface area contributed by atoms with Gasteiger partial charge >= 0.3 is 0 Å². The van der Waals surface area contributed by atoms with E-state index in [2.05, 4.69) is 73.0 Å². The number of anilines is 6. The highest BCUT2D eigenvalue weighted by Crippen LogP contribution is 2.46. The number of hydrogen-bond donors (Lipinski definition) is 8. The second-order valence-corrected chi connectivity index (χ2v) is 11.1. The molecule has 2 aliphatic heterocycles. The Bertz CT molecular complexity index is 1600. The van der Waals surface area contributed by atoms with Crippen LogP contribution >= 0.6 is 0 Å². The molecule has 5 aromatic carbocycles. The first-order chi connectivity index (χ1) is 21.0. The van der Waals surface area contributed by atoms with E-state index >= 15 is 0 Å². The molecule has 0 spiro atoms. The average Bonchev–Trinajstić information content (AvgIpc) is 3.05. The second kappa shape index (κ2) is 14.1. The second-order valence-electron chi connectivity index (χ2n) is 11.1. The van der Waals surface area contributed by atoms with Crippen molar-refractivity contribution in [3.8, 4) is 23.0 Å². The van der Waals surface area contributed by atoms with Gasteiger partial charge in [-0.05, 0) is 85.3 Å². The molecule has 0 atom stereocenters. The normalized spacial score (nSPS) is 11.4. The molecule has 7 rings (SSSR count). The Morgan fingerprint density at radius 2 is 0.804 bits per heavy atom. The molecule has 0 saturated carbocycles. The Labute approximate surface area is 272 Å². The van der Waals surface area contributed by atoms with Crippen LogP contribution in [0.25, 0.3) is 0 Å². The summed E-state index contributed by atoms with van der Waals surface area (Å²) in [4.78, 5) is 0. The molecule has 2 aliphatic rings. The summed E-state index contributed by atoms with van der Waals surface area (Å²) in [5, 5.41) is 44.1. The van der Waals surface area contributed by atoms with E-state index in [4.69, 9.17) is 11.5 Å². The predicted octanol–water partition coefficient (Wildman–Crippen LogP) is 8.85. The maximum atomic E-state index is 9.17. The van der Waals surface area contributed by atoms with Crippen LogP contribution in [0.2, 0.25) is 0 Å². The zero-order valence-corrected chi connectivity index (χ0v) is 25.3. The molecule has 5 aromatic rings. The third-order valence-corrected chi connectivity index (χ3v) is 8.41. The van der Waals surface area contributed by atoms with Crippen LogP contribution in [0.4, 0.5) is 34.1 Å². The molecular weight excluding hydrogens is 576 g/mol. The van der Waals surface area contributed by atoms with Gasteiger partial charge < -0.3 is 42.5 Å². The van der Waals surface area contributed by atoms with Crippen molar-refractivity contribution in [2.45, 2.75) is 55.4 Å². The first-order valence-electron chi connectivity index (χ1n) is 14.4. The van der Waals surface area contributed by atoms with Crippen LogP contribution in [0.5, 0.6) is 23.0 Å². The number of rotatable bonds is 0. The fourth-order valence-corrected chi connectivity index (χ4v) is 5.60. The van der Waals surface area contributed by atoms with E-state index in [1.165, 1.54) is 70.0 Å². The highest BCUT2D eigenvalue weighted by Gasteiger charge is 2.26. The van der Waals surface area contributed by atoms with Crippen LogP contribution in [0.15, 0.2) is 72.8 Å². The van der Waals surface area contributed by atoms with Crippen molar-refractivity contribution >= 4 is 34.1 Å². The molecule has 46 heavy (non-hydrogen) atoms. The summed E-state index contributed by atoms with van der Waals surface area (Å²) in [6.45, 7) is 7.30. The van der Waals surface area contributed by atoms with Gasteiger partial charge in [-0.25, -0.2) is 0 Å². The van der Waals surface area contributed by atoms with Gasteiger partial charge in [0, 0.05) is 46.7 Å². The molecule has 2 heterocycles. The number of fused-ring (bicyclic) bond motifs is 4. The summed E-state index contributed by atoms with van der Waals surface area (Å²) in [6, 6.07) is 24.5. The standard InChI is InChI=1S/C22H20N2.C8H10O4.C6H8N2.2CH4/c1-13-17-11-15-7-3-5-9-19(15)23-21(17)14(2)22-18(13)12-16-8-4-6-10-20(16)24-22;1-3-5(9)7(11)4(2)8(12)6(3)10;7-5-3-1-2-4-6(5)8;;/h3-10,23-24H,11-12H2,1-2H3;9-12H,1-2H3;1-4H,7-8H2;2*1H4. The zero-order chi connectivity index (χ0) is 31.7. The van der Waals surface area contributed by atoms with Crippen LogP contribution in [0.3, 0.4) is 0 Å². The molecule has 0 fully saturated rings. The van der Waals surface area contributed by atoms with Gasteiger partial charge in [-0.1, -0.05) is 63.4 Å². The number of nitrogen functional groups attached to an aromatic ring is 2. The smallest absolute Gasteiger partial charge is 0.164 e. The first kappa shape index (κ1) is 35.0. The van der Waals surface area contributed by atoms with Gasteiger partial charge in [0.25, 0.3) is 0 Å². The Morgan fingerprint density at radius 3 is 1.15 bits per heavy atom. The van der Waals surface area contributed by atoms with E-state index in [0.29, 0.717) is 11.4 Å². The van der Waals surface area contributed by atoms with Gasteiger partial charge in [-0.2, -0.15) is 0 Å². The van der Waals surface area contributed by atoms with E-state index in [0.717, 1.165) is 12.8 Å². The number of aromatic hydroxyl groups is 4. The zero-order valence-electron chi connectivity index (χ0n) is 25.3. The van der Waals surface area contributed by atoms with E-state index in [9.17, 15) is 20.4 Å². The summed E-state index contributed by atoms with van der Waals surface area (Å²) >= 11 is 0. The van der Waals surface area contributed by atoms with Gasteiger partial charge in [-0.15, -0.1) is 0 Å². The van der Waals surface area contributed by atoms with Crippen LogP contribution in [-0.2, 0) is 12.8 Å². The summed E-state index contributed by atoms with van der Waals surface area (Å²) in [6.07, 6.45) is 2.03. The summed E-state index contributed by atoms with van der Waals surface area (Å²) in [5.74, 6) is -1.60. The van der Waals surface area contributed by atoms with Crippen molar-refractivity contribution in [3.05, 3.63) is 117 Å². The Hall–Kier alpha value is -5.50. The monoisotopic (exact) mass is 622 g/mol. The number of para-hydroxylation sites is 4. The van der Waals surface area contributed by atoms with Gasteiger partial charge in [0.1, 0.15) is 0 Å². The predicted molar refractivity (Wildman–Crippen MR) is 192 cm³/mol. The maximum Gasteiger partial charge on any atom is 0.164 e. The Morgan fingerprint density at radius 1 is 0.478 bits per heavy atom. The lowest BCUT2D eigenvalue weighted by Crippen LogP contribution is -2.16. The fourth-order valence-electron chi connectivity index (χ4n) is 5.60. The van der Waals surface area contributed by atoms with Crippen molar-refractivity contribution in [1.29, 1.82) is 0 Å². The first-order valence-corrected chi connectivity index (χ1v) is 14.4. The molecule has 8 heteroatoms. The minimum Gasteiger partial charge on any atom is -0.504 e. The van der Waals surface area contributed by atoms with Gasteiger partial charge in [0.15, 0.2) is 23.0 Å². The molecule has 0 amide bonds. The lowest BCUT2D eigenvalue weighted by Gasteiger charge is -2.32. The van der Waals surface area contributed by atoms with Crippen molar-refractivity contribution < 1.29 is 20.4 Å². The lowest BCUT2D eigenvalue weighted by molar-refractivity contribution is 0.364. The van der Waals surface area contributed by atoms with Crippen molar-refractivity contribution in [2.75, 3.05) is 22.1 Å². The number of nitrogens with two attached hydrogens (primary N) is 2. The van der Waals surface area contributed by atoms with Crippen molar-refractivity contribution in [1.82, 2.24) is 0 Å². The average molecular weight is 623 g/mol. The van der Waals surface area contributed by atoms with E-state index < -0.39 is 23.0 Å². The molecule has 0 unspecified atom stereocenters. The third-order valence-electron chi connectivity index (χ3n) is 8.41. The summed E-state index contributed by atoms with van der Waals surface area (Å²) in [5.41, 5.74) is 25.7. The van der Waals surface area contributed by atoms with Gasteiger partial charge in [0.05, 0.1) is 11.4 Å². The number of phenols is 4. The van der Waals surface area contributed by atoms with Crippen molar-refractivity contribution in [2.24, 2.45) is 0 Å². The quantitative estimate of drug-likeness (QED) is 0.0473. The molecule has 8 nitrogen and oxygen atoms in total. The molecule has 0 saturated heterocycles. The van der Waals surface area contributed by atoms with Crippen LogP contribution in [-0.4, -0.2) is 20.4 Å². The number of benzene rings is 5. The molecule has 0 aliphatic carbocycles. The molecule has 242 valence electrons. The highest BCUT2D eigenvalue weighted by atomic mass is 16.3. The SMILES string of the molecule is C.C.Cc1c(O)c(O)c(C)c(O)c1O.Cc1c2c(c(C)c3c1Cc1ccccc1N3)Nc1ccccc1C2.Nc1ccccc1N. The molecule has 10 N–H and O–H groups in total. The Balaban J connectivity index is 0.000000220. The van der Waals surface area contributed by atoms with Crippen LogP contribution in [0, 0.1) is 27.7 Å². The highest BCUT2D eigenvalue weighted by molar-refractivity contribution is 5.86. The lowest BCUT2D eigenvalue weighted by atomic mass is 9.84. The van der Waals surface area contributed by atoms with Gasteiger partial charge in [0.2, 0.25) is 0 Å². The van der Waals surface area contributed by atoms with E-state index in [1.54, 1.807) is 12.1 Å². The van der Waals surface area contributed by atoms with E-state index in [-0.39, 0.29) is 26.0 Å². The molecule has 0 radical (unpaired) electrons. The summed E-state index contributed by atoms with van der Waals surface area (Å²) in [7, 11) is 0. The van der Waals surface area contributed by atoms with E-state index in [1.807, 2.05) is 12.1 Å². The number of nitrogens with one attached hydrogen (secondary N) is 2. The van der Waals surface area contributed by atoms with Gasteiger partial charge in [-0.3, -0.25) is 0 Å². The number of phenolic OH excluding ortho intramolecular Hbond substituents is 4. The minimum atomic E-state index is -0.400. The largest absolute Gasteiger partial charge is 0.504 e. The summed E-state index contributed by atoms with van der Waals surface area (Å²) < 4.78 is 0.